The molecule has 1 unspecified atom stereocenters. The van der Waals surface area contributed by atoms with Crippen LogP contribution in [0.2, 0.25) is 0 Å². The maximum atomic E-state index is 13.8. The Bertz CT molecular complexity index is 545. The van der Waals surface area contributed by atoms with E-state index in [1.54, 1.807) is 6.26 Å². The first-order valence-corrected chi connectivity index (χ1v) is 6.83. The molecule has 108 valence electrons. The Morgan fingerprint density at radius 3 is 2.45 bits per heavy atom. The molecule has 0 saturated heterocycles. The summed E-state index contributed by atoms with van der Waals surface area (Å²) < 4.78 is 33.0. The van der Waals surface area contributed by atoms with Gasteiger partial charge < -0.3 is 9.73 Å². The third kappa shape index (κ3) is 3.25. The lowest BCUT2D eigenvalue weighted by molar-refractivity contribution is 0.399. The monoisotopic (exact) mass is 279 g/mol. The second-order valence-electron chi connectivity index (χ2n) is 4.88. The number of halogens is 2. The van der Waals surface area contributed by atoms with Gasteiger partial charge in [0.2, 0.25) is 0 Å². The van der Waals surface area contributed by atoms with Crippen LogP contribution in [0.15, 0.2) is 34.9 Å². The molecule has 0 aliphatic rings. The van der Waals surface area contributed by atoms with Gasteiger partial charge in [0.1, 0.15) is 17.4 Å². The van der Waals surface area contributed by atoms with E-state index in [4.69, 9.17) is 4.42 Å². The fourth-order valence-corrected chi connectivity index (χ4v) is 2.25. The zero-order valence-corrected chi connectivity index (χ0v) is 11.7. The predicted molar refractivity (Wildman–Crippen MR) is 74.5 cm³/mol. The molecule has 1 atom stereocenters. The number of nitrogens with one attached hydrogen (secondary N) is 1. The van der Waals surface area contributed by atoms with Crippen molar-refractivity contribution in [3.63, 3.8) is 0 Å². The third-order valence-corrected chi connectivity index (χ3v) is 3.33. The molecular weight excluding hydrogens is 260 g/mol. The van der Waals surface area contributed by atoms with Gasteiger partial charge in [0.25, 0.3) is 0 Å². The van der Waals surface area contributed by atoms with Crippen molar-refractivity contribution in [3.8, 4) is 0 Å². The minimum absolute atomic E-state index is 0.0944. The summed E-state index contributed by atoms with van der Waals surface area (Å²) in [6.07, 6.45) is 2.77. The summed E-state index contributed by atoms with van der Waals surface area (Å²) in [7, 11) is 0. The van der Waals surface area contributed by atoms with Crippen LogP contribution < -0.4 is 5.32 Å². The number of furan rings is 1. The van der Waals surface area contributed by atoms with Gasteiger partial charge in [0.15, 0.2) is 0 Å². The zero-order valence-electron chi connectivity index (χ0n) is 11.7. The smallest absolute Gasteiger partial charge is 0.129 e. The molecule has 1 heterocycles. The van der Waals surface area contributed by atoms with Crippen LogP contribution in [-0.4, -0.2) is 6.54 Å². The van der Waals surface area contributed by atoms with E-state index in [2.05, 4.69) is 5.32 Å². The summed E-state index contributed by atoms with van der Waals surface area (Å²) in [6, 6.07) is 5.57. The minimum Gasteiger partial charge on any atom is -0.467 e. The fraction of sp³-hybridized carbons (Fsp3) is 0.375. The molecule has 2 nitrogen and oxygen atoms in total. The summed E-state index contributed by atoms with van der Waals surface area (Å²) in [5.41, 5.74) is 1.08. The molecule has 4 heteroatoms. The SMILES string of the molecule is CCCNC(Cc1c(F)cccc1F)c1occc1C. The Labute approximate surface area is 117 Å². The highest BCUT2D eigenvalue weighted by molar-refractivity contribution is 5.25. The van der Waals surface area contributed by atoms with Crippen LogP contribution in [0.25, 0.3) is 0 Å². The van der Waals surface area contributed by atoms with E-state index in [1.807, 2.05) is 19.9 Å². The molecule has 0 aliphatic carbocycles. The normalized spacial score (nSPS) is 12.6. The largest absolute Gasteiger partial charge is 0.467 e. The average Bonchev–Trinajstić information content (AvgIpc) is 2.84. The Kier molecular flexibility index (Phi) is 4.90. The molecule has 0 amide bonds. The molecule has 0 bridgehead atoms. The quantitative estimate of drug-likeness (QED) is 0.859. The van der Waals surface area contributed by atoms with Crippen molar-refractivity contribution in [1.29, 1.82) is 0 Å². The average molecular weight is 279 g/mol. The molecule has 0 spiro atoms. The van der Waals surface area contributed by atoms with Gasteiger partial charge in [0.05, 0.1) is 12.3 Å². The number of hydrogen-bond donors (Lipinski definition) is 1. The third-order valence-electron chi connectivity index (χ3n) is 3.33. The summed E-state index contributed by atoms with van der Waals surface area (Å²) in [4.78, 5) is 0. The van der Waals surface area contributed by atoms with E-state index in [1.165, 1.54) is 18.2 Å². The van der Waals surface area contributed by atoms with Gasteiger partial charge in [-0.1, -0.05) is 13.0 Å². The fourth-order valence-electron chi connectivity index (χ4n) is 2.25. The van der Waals surface area contributed by atoms with Gasteiger partial charge >= 0.3 is 0 Å². The van der Waals surface area contributed by atoms with Crippen molar-refractivity contribution in [2.24, 2.45) is 0 Å². The van der Waals surface area contributed by atoms with E-state index in [-0.39, 0.29) is 18.0 Å². The highest BCUT2D eigenvalue weighted by atomic mass is 19.1. The van der Waals surface area contributed by atoms with Crippen molar-refractivity contribution in [2.45, 2.75) is 32.7 Å². The van der Waals surface area contributed by atoms with Crippen LogP contribution >= 0.6 is 0 Å². The van der Waals surface area contributed by atoms with Crippen LogP contribution in [0, 0.1) is 18.6 Å². The van der Waals surface area contributed by atoms with Crippen LogP contribution in [-0.2, 0) is 6.42 Å². The second kappa shape index (κ2) is 6.66. The Hall–Kier alpha value is -1.68. The van der Waals surface area contributed by atoms with Gasteiger partial charge in [-0.05, 0) is 43.7 Å². The molecule has 0 radical (unpaired) electrons. The summed E-state index contributed by atoms with van der Waals surface area (Å²) in [6.45, 7) is 4.74. The van der Waals surface area contributed by atoms with Crippen molar-refractivity contribution in [2.75, 3.05) is 6.54 Å². The number of rotatable bonds is 6. The van der Waals surface area contributed by atoms with Crippen molar-refractivity contribution < 1.29 is 13.2 Å². The lowest BCUT2D eigenvalue weighted by Crippen LogP contribution is -2.25. The molecule has 0 fully saturated rings. The predicted octanol–water partition coefficient (Wildman–Crippen LogP) is 4.15. The molecular formula is C16H19F2NO. The van der Waals surface area contributed by atoms with E-state index in [0.717, 1.165) is 24.3 Å². The number of hydrogen-bond acceptors (Lipinski definition) is 2. The van der Waals surface area contributed by atoms with Crippen LogP contribution in [0.3, 0.4) is 0 Å². The zero-order chi connectivity index (χ0) is 14.5. The van der Waals surface area contributed by atoms with Crippen molar-refractivity contribution >= 4 is 0 Å². The van der Waals surface area contributed by atoms with E-state index in [9.17, 15) is 8.78 Å². The van der Waals surface area contributed by atoms with Gasteiger partial charge in [-0.2, -0.15) is 0 Å². The lowest BCUT2D eigenvalue weighted by Gasteiger charge is -2.18. The number of aryl methyl sites for hydroxylation is 1. The van der Waals surface area contributed by atoms with Gasteiger partial charge in [-0.3, -0.25) is 0 Å². The Morgan fingerprint density at radius 1 is 1.20 bits per heavy atom. The molecule has 1 N–H and O–H groups in total. The molecule has 0 saturated carbocycles. The molecule has 1 aromatic carbocycles. The van der Waals surface area contributed by atoms with Crippen molar-refractivity contribution in [1.82, 2.24) is 5.32 Å². The summed E-state index contributed by atoms with van der Waals surface area (Å²) >= 11 is 0. The first kappa shape index (κ1) is 14.7. The highest BCUT2D eigenvalue weighted by Gasteiger charge is 2.20. The van der Waals surface area contributed by atoms with Gasteiger partial charge in [-0.15, -0.1) is 0 Å². The molecule has 2 rings (SSSR count). The lowest BCUT2D eigenvalue weighted by atomic mass is 10.0. The van der Waals surface area contributed by atoms with Gasteiger partial charge in [-0.25, -0.2) is 8.78 Å². The molecule has 2 aromatic rings. The topological polar surface area (TPSA) is 25.2 Å². The molecule has 20 heavy (non-hydrogen) atoms. The summed E-state index contributed by atoms with van der Waals surface area (Å²) in [5.74, 6) is -0.295. The summed E-state index contributed by atoms with van der Waals surface area (Å²) in [5, 5.41) is 3.29. The van der Waals surface area contributed by atoms with Crippen LogP contribution in [0.4, 0.5) is 8.78 Å². The minimum atomic E-state index is -0.516. The van der Waals surface area contributed by atoms with Gasteiger partial charge in [0, 0.05) is 12.0 Å². The van der Waals surface area contributed by atoms with E-state index < -0.39 is 11.6 Å². The van der Waals surface area contributed by atoms with Crippen LogP contribution in [0.1, 0.15) is 36.3 Å². The first-order valence-electron chi connectivity index (χ1n) is 6.83. The number of benzene rings is 1. The second-order valence-corrected chi connectivity index (χ2v) is 4.88. The molecule has 0 aliphatic heterocycles. The maximum Gasteiger partial charge on any atom is 0.129 e. The van der Waals surface area contributed by atoms with E-state index >= 15 is 0 Å². The Balaban J connectivity index is 2.26. The Morgan fingerprint density at radius 2 is 1.90 bits per heavy atom. The highest BCUT2D eigenvalue weighted by Crippen LogP contribution is 2.25. The maximum absolute atomic E-state index is 13.8. The van der Waals surface area contributed by atoms with Crippen molar-refractivity contribution in [3.05, 3.63) is 59.1 Å². The first-order chi connectivity index (χ1) is 9.63. The van der Waals surface area contributed by atoms with Crippen LogP contribution in [0.5, 0.6) is 0 Å². The standard InChI is InChI=1S/C16H19F2NO/c1-3-8-19-15(16-11(2)7-9-20-16)10-12-13(17)5-4-6-14(12)18/h4-7,9,15,19H,3,8,10H2,1-2H3. The van der Waals surface area contributed by atoms with E-state index in [0.29, 0.717) is 0 Å². The molecule has 1 aromatic heterocycles.